The van der Waals surface area contributed by atoms with Gasteiger partial charge >= 0.3 is 19.1 Å². The smallest absolute Gasteiger partial charge is 0.406 e. The SMILES string of the molecule is C.C[C@@]1(O)CC[C@@]2(C)[C@H](CC[C@@H]3[C@@H]2CC[C@]2(C)[C@@H](C(=O)CBr)CC[C@@H]32)C1.C[C@@]1(O)CC[C@@]2(C)[C@H](CC[C@@H]3[C@@H]2CC[C@]2(C)[C@@H](C(=O)Cn4nc5ccc(OC(F)(F)F)cc5n4)CC[C@@H]32)C1.C[C@@]1(O)CC[C@@]2(C)[C@H](CC[C@@H]3[C@@H]2CC[C@]2(C)[C@@H](C(=O)Cn4nnc5ccc(OC(F)(F)F)cc54)CC[C@@H]32)C1.FC(F)(F)Oc1ccc2n[nH]nc2c1. The van der Waals surface area contributed by atoms with Crippen LogP contribution in [0.3, 0.4) is 0 Å². The molecule has 12 aliphatic carbocycles. The molecule has 12 fully saturated rings. The van der Waals surface area contributed by atoms with Crippen molar-refractivity contribution in [2.24, 2.45) is 121 Å². The van der Waals surface area contributed by atoms with Crippen molar-refractivity contribution in [1.82, 2.24) is 45.4 Å². The van der Waals surface area contributed by atoms with Crippen LogP contribution in [0.25, 0.3) is 33.1 Å². The van der Waals surface area contributed by atoms with Crippen molar-refractivity contribution in [2.45, 2.75) is 292 Å². The highest BCUT2D eigenvalue weighted by Gasteiger charge is 2.66. The lowest BCUT2D eigenvalue weighted by molar-refractivity contribution is -0.275. The van der Waals surface area contributed by atoms with Gasteiger partial charge in [-0.05, 0) is 334 Å². The molecule has 3 aromatic carbocycles. The summed E-state index contributed by atoms with van der Waals surface area (Å²) in [6.45, 7) is 20.6. The number of benzene rings is 3. The number of aromatic amines is 1. The first-order valence-corrected chi connectivity index (χ1v) is 43.5. The van der Waals surface area contributed by atoms with Gasteiger partial charge in [-0.3, -0.25) is 14.4 Å². The molecule has 18 rings (SSSR count). The number of H-pyrrole nitrogens is 1. The number of ether oxygens (including phenoxy) is 3. The molecule has 640 valence electrons. The van der Waals surface area contributed by atoms with Gasteiger partial charge in [0.1, 0.15) is 63.7 Å². The molecule has 12 aliphatic rings. The first kappa shape index (κ1) is 86.4. The molecule has 6 aromatic rings. The molecular formula is C88H119BrF9N9O9. The van der Waals surface area contributed by atoms with Gasteiger partial charge in [0.05, 0.1) is 27.6 Å². The van der Waals surface area contributed by atoms with Gasteiger partial charge in [-0.25, -0.2) is 4.68 Å². The highest BCUT2D eigenvalue weighted by molar-refractivity contribution is 9.09. The van der Waals surface area contributed by atoms with Crippen LogP contribution in [0, 0.1) is 121 Å². The highest BCUT2D eigenvalue weighted by Crippen LogP contribution is 2.72. The minimum Gasteiger partial charge on any atom is -0.406 e. The Labute approximate surface area is 682 Å². The van der Waals surface area contributed by atoms with Crippen molar-refractivity contribution in [1.29, 1.82) is 0 Å². The van der Waals surface area contributed by atoms with Crippen molar-refractivity contribution >= 4 is 66.4 Å². The van der Waals surface area contributed by atoms with E-state index in [0.29, 0.717) is 97.4 Å². The maximum atomic E-state index is 13.7. The maximum Gasteiger partial charge on any atom is 0.573 e. The summed E-state index contributed by atoms with van der Waals surface area (Å²) in [6.07, 6.45) is 15.1. The molecule has 12 saturated carbocycles. The van der Waals surface area contributed by atoms with E-state index < -0.39 is 35.9 Å². The Bertz CT molecular complexity index is 4580. The fourth-order valence-electron chi connectivity index (χ4n) is 28.0. The van der Waals surface area contributed by atoms with Crippen molar-refractivity contribution in [3.8, 4) is 17.2 Å². The second-order valence-corrected chi connectivity index (χ2v) is 40.6. The second kappa shape index (κ2) is 31.2. The largest absolute Gasteiger partial charge is 0.573 e. The van der Waals surface area contributed by atoms with E-state index in [-0.39, 0.29) is 99.7 Å². The first-order chi connectivity index (χ1) is 53.8. The van der Waals surface area contributed by atoms with E-state index in [0.717, 1.165) is 139 Å². The van der Waals surface area contributed by atoms with Gasteiger partial charge in [0.2, 0.25) is 0 Å². The number of alkyl halides is 10. The monoisotopic (exact) mass is 1700 g/mol. The number of nitrogens with one attached hydrogen (secondary N) is 1. The van der Waals surface area contributed by atoms with Gasteiger partial charge in [-0.2, -0.15) is 30.4 Å². The average Bonchev–Trinajstić information content (AvgIpc) is 1.46. The van der Waals surface area contributed by atoms with E-state index in [9.17, 15) is 69.2 Å². The number of carbonyl (C=O) groups is 3. The third kappa shape index (κ3) is 16.6. The Kier molecular flexibility index (Phi) is 23.2. The highest BCUT2D eigenvalue weighted by atomic mass is 79.9. The van der Waals surface area contributed by atoms with Gasteiger partial charge in [0, 0.05) is 36.0 Å². The number of nitrogens with zero attached hydrogens (tertiary/aromatic N) is 8. The van der Waals surface area contributed by atoms with Crippen molar-refractivity contribution < 1.29 is 83.4 Å². The molecule has 18 nitrogen and oxygen atoms in total. The number of Topliss-reactive ketones (excluding diaryl/α,β-unsaturated/α-hetero) is 3. The molecule has 0 saturated heterocycles. The van der Waals surface area contributed by atoms with Crippen LogP contribution in [-0.4, -0.2) is 119 Å². The van der Waals surface area contributed by atoms with E-state index >= 15 is 0 Å². The molecular weight excluding hydrogens is 1580 g/mol. The van der Waals surface area contributed by atoms with Crippen molar-refractivity contribution in [3.63, 3.8) is 0 Å². The number of ketones is 3. The van der Waals surface area contributed by atoms with E-state index in [2.05, 4.69) is 108 Å². The van der Waals surface area contributed by atoms with E-state index in [4.69, 9.17) is 0 Å². The normalized spacial score (nSPS) is 40.1. The minimum atomic E-state index is -4.79. The Morgan fingerprint density at radius 3 is 1.19 bits per heavy atom. The van der Waals surface area contributed by atoms with Crippen LogP contribution < -0.4 is 14.2 Å². The van der Waals surface area contributed by atoms with Crippen molar-refractivity contribution in [2.75, 3.05) is 5.33 Å². The molecule has 0 aliphatic heterocycles. The Hall–Kier alpha value is -6.00. The van der Waals surface area contributed by atoms with Gasteiger partial charge in [0.15, 0.2) is 11.6 Å². The van der Waals surface area contributed by atoms with Crippen LogP contribution in [0.2, 0.25) is 0 Å². The summed E-state index contributed by atoms with van der Waals surface area (Å²) >= 11 is 3.43. The first-order valence-electron chi connectivity index (χ1n) is 42.4. The number of halogens is 10. The zero-order valence-electron chi connectivity index (χ0n) is 67.7. The fourth-order valence-corrected chi connectivity index (χ4v) is 28.4. The fraction of sp³-hybridized carbons (Fsp3) is 0.761. The third-order valence-corrected chi connectivity index (χ3v) is 34.2. The summed E-state index contributed by atoms with van der Waals surface area (Å²) < 4.78 is 124. The predicted molar refractivity (Wildman–Crippen MR) is 422 cm³/mol. The molecule has 0 spiro atoms. The zero-order chi connectivity index (χ0) is 82.4. The molecule has 3 heterocycles. The molecule has 3 aromatic heterocycles. The lowest BCUT2D eigenvalue weighted by atomic mass is 9.44. The van der Waals surface area contributed by atoms with Crippen LogP contribution in [0.15, 0.2) is 54.6 Å². The van der Waals surface area contributed by atoms with Crippen molar-refractivity contribution in [3.05, 3.63) is 54.6 Å². The van der Waals surface area contributed by atoms with Gasteiger partial charge in [-0.1, -0.05) is 70.1 Å². The summed E-state index contributed by atoms with van der Waals surface area (Å²) in [6, 6.07) is 11.5. The van der Waals surface area contributed by atoms with Gasteiger partial charge in [0.25, 0.3) is 0 Å². The van der Waals surface area contributed by atoms with E-state index in [1.54, 1.807) is 0 Å². The summed E-state index contributed by atoms with van der Waals surface area (Å²) in [4.78, 5) is 41.2. The number of carbonyl (C=O) groups excluding carboxylic acids is 3. The average molecular weight is 1700 g/mol. The predicted octanol–water partition coefficient (Wildman–Crippen LogP) is 20.5. The maximum absolute atomic E-state index is 13.7. The lowest BCUT2D eigenvalue weighted by Gasteiger charge is -2.61. The quantitative estimate of drug-likeness (QED) is 0.0696. The lowest BCUT2D eigenvalue weighted by Crippen LogP contribution is -2.55. The number of hydrogen-bond acceptors (Lipinski definition) is 15. The number of rotatable bonds is 11. The third-order valence-electron chi connectivity index (χ3n) is 33.6. The minimum absolute atomic E-state index is 0. The number of fused-ring (bicyclic) bond motifs is 18. The van der Waals surface area contributed by atoms with E-state index in [1.807, 2.05) is 20.8 Å². The molecule has 0 bridgehead atoms. The zero-order valence-corrected chi connectivity index (χ0v) is 69.3. The van der Waals surface area contributed by atoms with Crippen LogP contribution in [0.5, 0.6) is 17.2 Å². The molecule has 4 N–H and O–H groups in total. The second-order valence-electron chi connectivity index (χ2n) is 40.0. The standard InChI is InChI=1S/2C29H38F3N3O3.C22H35BrO2.C7H4F3N3O.CH4/c1-26(37)12-13-27(2)17(15-26)4-6-19-20-7-8-22(28(20,3)11-10-21(19)27)25(36)16-35-24-14-18(38-29(30,31)32)5-9-23(24)33-34-35;1-26(37)12-13-27(2)17(15-26)4-6-19-20-7-8-22(28(20,3)11-10-21(19)27)25(36)16-35-33-23-9-5-18(14-24(23)34-35)38-29(30,31)32;1-20(25)10-11-21(2)14(12-20)4-5-15-16-6-7-18(19(24)13-23)22(16,3)9-8-17(15)21;8-7(9,10)14-4-1-2-5-6(3-4)12-13-11-5;/h2*5,9,14,17,19-22,37H,4,6-8,10-13,15-16H2,1-3H3;14-18,25H,4-13H2,1-3H3;1-3H,(H,11,12,13);1H4/t2*17-,19+,20+,21+,22-,26-,27+,28+;14-,15+,16+,17+,18-,20-,21+,22+;;/m111../s1. The Balaban J connectivity index is 0.000000134. The summed E-state index contributed by atoms with van der Waals surface area (Å²) in [7, 11) is 0. The molecule has 0 radical (unpaired) electrons. The molecule has 28 heteroatoms. The van der Waals surface area contributed by atoms with Gasteiger partial charge < -0.3 is 29.5 Å². The summed E-state index contributed by atoms with van der Waals surface area (Å²) in [5.41, 5.74) is 1.89. The Morgan fingerprint density at radius 1 is 0.422 bits per heavy atom. The molecule has 0 amide bonds. The summed E-state index contributed by atoms with van der Waals surface area (Å²) in [5, 5.41) is 59.0. The topological polar surface area (TPSA) is 243 Å². The number of aliphatic hydroxyl groups is 3. The van der Waals surface area contributed by atoms with Crippen LogP contribution in [0.4, 0.5) is 39.5 Å². The number of aromatic nitrogens is 9. The number of hydrogen-bond donors (Lipinski definition) is 4. The molecule has 24 atom stereocenters. The van der Waals surface area contributed by atoms with Crippen LogP contribution in [0.1, 0.15) is 243 Å². The van der Waals surface area contributed by atoms with E-state index in [1.165, 1.54) is 116 Å². The van der Waals surface area contributed by atoms with Crippen LogP contribution >= 0.6 is 15.9 Å². The molecule has 116 heavy (non-hydrogen) atoms. The van der Waals surface area contributed by atoms with Crippen LogP contribution in [-0.2, 0) is 27.5 Å². The Morgan fingerprint density at radius 2 is 0.776 bits per heavy atom. The molecule has 0 unspecified atom stereocenters. The summed E-state index contributed by atoms with van der Waals surface area (Å²) in [5.74, 6) is 7.64. The van der Waals surface area contributed by atoms with Gasteiger partial charge in [-0.15, -0.1) is 44.6 Å².